The van der Waals surface area contributed by atoms with E-state index in [1.54, 1.807) is 6.08 Å². The number of carbonyl (C=O) groups excluding carboxylic acids is 1. The molecule has 0 unspecified atom stereocenters. The lowest BCUT2D eigenvalue weighted by molar-refractivity contribution is -0.115. The molecule has 0 radical (unpaired) electrons. The summed E-state index contributed by atoms with van der Waals surface area (Å²) in [5.41, 5.74) is 2.30. The molecule has 0 aliphatic carbocycles. The van der Waals surface area contributed by atoms with Crippen molar-refractivity contribution in [2.45, 2.75) is 72.1 Å². The van der Waals surface area contributed by atoms with Crippen molar-refractivity contribution >= 4 is 11.9 Å². The number of hydrogen-bond acceptors (Lipinski definition) is 1. The molecule has 0 spiro atoms. The molecule has 0 heterocycles. The van der Waals surface area contributed by atoms with Crippen LogP contribution in [0, 0.1) is 5.92 Å². The second kappa shape index (κ2) is 12.8. The number of unbranched alkanes of at least 4 members (excludes halogenated alkanes) is 5. The Balaban J connectivity index is 2.53. The molecule has 1 aromatic rings. The van der Waals surface area contributed by atoms with Gasteiger partial charge in [0.15, 0.2) is 5.78 Å². The van der Waals surface area contributed by atoms with Gasteiger partial charge in [-0.25, -0.2) is 0 Å². The maximum Gasteiger partial charge on any atom is 0.156 e. The molecule has 0 fully saturated rings. The first-order chi connectivity index (χ1) is 11.6. The van der Waals surface area contributed by atoms with Crippen LogP contribution in [-0.2, 0) is 4.79 Å². The Bertz CT molecular complexity index is 506. The first-order valence-corrected chi connectivity index (χ1v) is 9.52. The van der Waals surface area contributed by atoms with Crippen LogP contribution >= 0.6 is 0 Å². The lowest BCUT2D eigenvalue weighted by Gasteiger charge is -2.11. The first-order valence-electron chi connectivity index (χ1n) is 9.52. The zero-order valence-electron chi connectivity index (χ0n) is 15.8. The molecule has 0 N–H and O–H groups in total. The van der Waals surface area contributed by atoms with Crippen LogP contribution in [-0.4, -0.2) is 5.78 Å². The minimum atomic E-state index is 0.253. The SMILES string of the molecule is CCCCCCCC[C@H](/C=C/c1ccccc1)CC(=O)C=C(C)C. The van der Waals surface area contributed by atoms with Crippen molar-refractivity contribution < 1.29 is 4.79 Å². The molecule has 0 aromatic heterocycles. The number of hydrogen-bond donors (Lipinski definition) is 0. The molecule has 0 bridgehead atoms. The lowest BCUT2D eigenvalue weighted by Crippen LogP contribution is -2.05. The Kier molecular flexibility index (Phi) is 10.8. The smallest absolute Gasteiger partial charge is 0.156 e. The van der Waals surface area contributed by atoms with Crippen molar-refractivity contribution in [3.05, 3.63) is 53.6 Å². The van der Waals surface area contributed by atoms with Crippen molar-refractivity contribution in [1.29, 1.82) is 0 Å². The van der Waals surface area contributed by atoms with E-state index in [0.717, 1.165) is 12.0 Å². The Morgan fingerprint density at radius 1 is 1.00 bits per heavy atom. The molecule has 0 saturated carbocycles. The third kappa shape index (κ3) is 10.2. The van der Waals surface area contributed by atoms with Crippen molar-refractivity contribution in [3.8, 4) is 0 Å². The van der Waals surface area contributed by atoms with E-state index in [2.05, 4.69) is 43.3 Å². The summed E-state index contributed by atoms with van der Waals surface area (Å²) in [4.78, 5) is 12.1. The monoisotopic (exact) mass is 326 g/mol. The number of allylic oxidation sites excluding steroid dienone is 3. The fourth-order valence-corrected chi connectivity index (χ4v) is 2.90. The topological polar surface area (TPSA) is 17.1 Å². The first kappa shape index (κ1) is 20.4. The summed E-state index contributed by atoms with van der Waals surface area (Å²) in [6.07, 6.45) is 15.7. The third-order valence-corrected chi connectivity index (χ3v) is 4.20. The number of benzene rings is 1. The second-order valence-corrected chi connectivity index (χ2v) is 6.98. The van der Waals surface area contributed by atoms with Gasteiger partial charge in [-0.05, 0) is 37.8 Å². The minimum absolute atomic E-state index is 0.253. The predicted octanol–water partition coefficient (Wildman–Crippen LogP) is 6.99. The van der Waals surface area contributed by atoms with E-state index in [0.29, 0.717) is 12.3 Å². The zero-order valence-corrected chi connectivity index (χ0v) is 15.8. The minimum Gasteiger partial charge on any atom is -0.295 e. The lowest BCUT2D eigenvalue weighted by atomic mass is 9.93. The van der Waals surface area contributed by atoms with Gasteiger partial charge in [0.2, 0.25) is 0 Å². The van der Waals surface area contributed by atoms with Gasteiger partial charge in [-0.2, -0.15) is 0 Å². The molecule has 1 nitrogen and oxygen atoms in total. The van der Waals surface area contributed by atoms with Gasteiger partial charge in [0.1, 0.15) is 0 Å². The summed E-state index contributed by atoms with van der Waals surface area (Å²) >= 11 is 0. The van der Waals surface area contributed by atoms with Crippen LogP contribution < -0.4 is 0 Å². The molecule has 1 aromatic carbocycles. The van der Waals surface area contributed by atoms with Gasteiger partial charge in [0.05, 0.1) is 0 Å². The van der Waals surface area contributed by atoms with E-state index in [1.807, 2.05) is 19.9 Å². The molecule has 0 aliphatic heterocycles. The zero-order chi connectivity index (χ0) is 17.6. The highest BCUT2D eigenvalue weighted by atomic mass is 16.1. The molecular formula is C23H34O. The average Bonchev–Trinajstić information content (AvgIpc) is 2.55. The van der Waals surface area contributed by atoms with Crippen LogP contribution in [0.2, 0.25) is 0 Å². The van der Waals surface area contributed by atoms with Crippen LogP contribution in [0.5, 0.6) is 0 Å². The molecule has 0 amide bonds. The predicted molar refractivity (Wildman–Crippen MR) is 106 cm³/mol. The van der Waals surface area contributed by atoms with E-state index >= 15 is 0 Å². The van der Waals surface area contributed by atoms with E-state index in [9.17, 15) is 4.79 Å². The molecule has 1 atom stereocenters. The Morgan fingerprint density at radius 2 is 1.67 bits per heavy atom. The summed E-state index contributed by atoms with van der Waals surface area (Å²) < 4.78 is 0. The summed E-state index contributed by atoms with van der Waals surface area (Å²) in [7, 11) is 0. The second-order valence-electron chi connectivity index (χ2n) is 6.98. The summed E-state index contributed by atoms with van der Waals surface area (Å²) in [6.45, 7) is 6.22. The molecular weight excluding hydrogens is 292 g/mol. The van der Waals surface area contributed by atoms with E-state index in [-0.39, 0.29) is 5.78 Å². The largest absolute Gasteiger partial charge is 0.295 e. The van der Waals surface area contributed by atoms with Gasteiger partial charge in [-0.15, -0.1) is 0 Å². The third-order valence-electron chi connectivity index (χ3n) is 4.20. The number of rotatable bonds is 12. The summed E-state index contributed by atoms with van der Waals surface area (Å²) in [6, 6.07) is 10.4. The highest BCUT2D eigenvalue weighted by molar-refractivity contribution is 5.90. The molecule has 24 heavy (non-hydrogen) atoms. The summed E-state index contributed by atoms with van der Waals surface area (Å²) in [5.74, 6) is 0.600. The molecule has 1 rings (SSSR count). The van der Waals surface area contributed by atoms with E-state index in [1.165, 1.54) is 44.1 Å². The van der Waals surface area contributed by atoms with Crippen molar-refractivity contribution in [2.75, 3.05) is 0 Å². The van der Waals surface area contributed by atoms with Crippen molar-refractivity contribution in [2.24, 2.45) is 5.92 Å². The maximum absolute atomic E-state index is 12.1. The molecule has 132 valence electrons. The molecule has 1 heteroatoms. The van der Waals surface area contributed by atoms with E-state index in [4.69, 9.17) is 0 Å². The van der Waals surface area contributed by atoms with Crippen LogP contribution in [0.3, 0.4) is 0 Å². The van der Waals surface area contributed by atoms with E-state index < -0.39 is 0 Å². The van der Waals surface area contributed by atoms with Crippen LogP contribution in [0.4, 0.5) is 0 Å². The quantitative estimate of drug-likeness (QED) is 0.299. The Hall–Kier alpha value is -1.63. The maximum atomic E-state index is 12.1. The van der Waals surface area contributed by atoms with Crippen LogP contribution in [0.15, 0.2) is 48.1 Å². The van der Waals surface area contributed by atoms with Crippen molar-refractivity contribution in [1.82, 2.24) is 0 Å². The van der Waals surface area contributed by atoms with Gasteiger partial charge < -0.3 is 0 Å². The fraction of sp³-hybridized carbons (Fsp3) is 0.522. The Labute approximate surface area is 148 Å². The standard InChI is InChI=1S/C23H34O/c1-4-5-6-7-8-10-15-22(19-23(24)18-20(2)3)17-16-21-13-11-9-12-14-21/h9,11-14,16-18,22H,4-8,10,15,19H2,1-3H3/b17-16+/t22-/m1/s1. The summed E-state index contributed by atoms with van der Waals surface area (Å²) in [5, 5.41) is 0. The van der Waals surface area contributed by atoms with Crippen molar-refractivity contribution in [3.63, 3.8) is 0 Å². The van der Waals surface area contributed by atoms with Gasteiger partial charge in [-0.3, -0.25) is 4.79 Å². The van der Waals surface area contributed by atoms with Crippen LogP contribution in [0.25, 0.3) is 6.08 Å². The molecule has 0 saturated heterocycles. The fourth-order valence-electron chi connectivity index (χ4n) is 2.90. The molecule has 0 aliphatic rings. The van der Waals surface area contributed by atoms with Gasteiger partial charge in [-0.1, -0.05) is 93.5 Å². The van der Waals surface area contributed by atoms with Gasteiger partial charge in [0.25, 0.3) is 0 Å². The Morgan fingerprint density at radius 3 is 2.33 bits per heavy atom. The van der Waals surface area contributed by atoms with Gasteiger partial charge >= 0.3 is 0 Å². The van der Waals surface area contributed by atoms with Gasteiger partial charge in [0, 0.05) is 6.42 Å². The van der Waals surface area contributed by atoms with Crippen LogP contribution in [0.1, 0.15) is 77.7 Å². The highest BCUT2D eigenvalue weighted by Gasteiger charge is 2.09. The normalized spacial score (nSPS) is 12.3. The average molecular weight is 327 g/mol. The highest BCUT2D eigenvalue weighted by Crippen LogP contribution is 2.19. The number of carbonyl (C=O) groups is 1. The number of ketones is 1.